The van der Waals surface area contributed by atoms with Crippen LogP contribution in [0.3, 0.4) is 0 Å². The first-order valence-corrected chi connectivity index (χ1v) is 7.20. The maximum Gasteiger partial charge on any atom is 0.272 e. The zero-order valence-electron chi connectivity index (χ0n) is 11.5. The summed E-state index contributed by atoms with van der Waals surface area (Å²) in [5.74, 6) is 0.894. The van der Waals surface area contributed by atoms with Gasteiger partial charge in [-0.15, -0.1) is 0 Å². The first kappa shape index (κ1) is 12.6. The van der Waals surface area contributed by atoms with E-state index < -0.39 is 0 Å². The third-order valence-electron chi connectivity index (χ3n) is 3.94. The minimum absolute atomic E-state index is 0.0938. The van der Waals surface area contributed by atoms with Gasteiger partial charge < -0.3 is 4.90 Å². The van der Waals surface area contributed by atoms with Crippen LogP contribution in [0.1, 0.15) is 35.9 Å². The van der Waals surface area contributed by atoms with E-state index in [1.807, 2.05) is 23.1 Å². The molecule has 2 fully saturated rings. The average molecular weight is 259 g/mol. The van der Waals surface area contributed by atoms with Crippen molar-refractivity contribution in [3.05, 3.63) is 29.6 Å². The summed E-state index contributed by atoms with van der Waals surface area (Å²) in [5.41, 5.74) is 1.62. The molecule has 0 atom stereocenters. The number of likely N-dealkylation sites (tertiary alicyclic amines) is 2. The standard InChI is InChI=1S/C15H21N3O/c1-12-9-17(10-12)11-13-5-4-6-14(16-13)15(19)18-7-2-3-8-18/h4-6,12H,2-3,7-11H2,1H3. The van der Waals surface area contributed by atoms with E-state index in [9.17, 15) is 4.79 Å². The summed E-state index contributed by atoms with van der Waals surface area (Å²) in [6.07, 6.45) is 2.24. The molecule has 3 rings (SSSR count). The van der Waals surface area contributed by atoms with Crippen molar-refractivity contribution in [2.75, 3.05) is 26.2 Å². The molecule has 2 aliphatic rings. The lowest BCUT2D eigenvalue weighted by Crippen LogP contribution is -2.44. The van der Waals surface area contributed by atoms with Crippen LogP contribution in [0.2, 0.25) is 0 Å². The average Bonchev–Trinajstić information content (AvgIpc) is 2.90. The van der Waals surface area contributed by atoms with Crippen LogP contribution in [0.5, 0.6) is 0 Å². The van der Waals surface area contributed by atoms with Gasteiger partial charge >= 0.3 is 0 Å². The van der Waals surface area contributed by atoms with Gasteiger partial charge in [0.05, 0.1) is 5.69 Å². The lowest BCUT2D eigenvalue weighted by atomic mass is 10.0. The lowest BCUT2D eigenvalue weighted by Gasteiger charge is -2.36. The Morgan fingerprint density at radius 3 is 2.74 bits per heavy atom. The Bertz CT molecular complexity index is 462. The monoisotopic (exact) mass is 259 g/mol. The van der Waals surface area contributed by atoms with Crippen molar-refractivity contribution >= 4 is 5.91 Å². The zero-order chi connectivity index (χ0) is 13.2. The second-order valence-electron chi connectivity index (χ2n) is 5.81. The van der Waals surface area contributed by atoms with Gasteiger partial charge in [0, 0.05) is 32.7 Å². The molecular formula is C15H21N3O. The van der Waals surface area contributed by atoms with E-state index in [-0.39, 0.29) is 5.91 Å². The summed E-state index contributed by atoms with van der Waals surface area (Å²) < 4.78 is 0. The van der Waals surface area contributed by atoms with Gasteiger partial charge in [0.15, 0.2) is 0 Å². The van der Waals surface area contributed by atoms with E-state index in [2.05, 4.69) is 16.8 Å². The van der Waals surface area contributed by atoms with Gasteiger partial charge in [-0.2, -0.15) is 0 Å². The molecule has 1 amide bonds. The fourth-order valence-corrected chi connectivity index (χ4v) is 2.96. The van der Waals surface area contributed by atoms with Gasteiger partial charge in [0.2, 0.25) is 0 Å². The highest BCUT2D eigenvalue weighted by Gasteiger charge is 2.24. The minimum atomic E-state index is 0.0938. The van der Waals surface area contributed by atoms with E-state index in [0.717, 1.165) is 57.2 Å². The van der Waals surface area contributed by atoms with Gasteiger partial charge in [-0.05, 0) is 30.9 Å². The summed E-state index contributed by atoms with van der Waals surface area (Å²) in [6.45, 7) is 7.18. The predicted octanol–water partition coefficient (Wildman–Crippen LogP) is 1.77. The molecule has 102 valence electrons. The van der Waals surface area contributed by atoms with E-state index in [1.165, 1.54) is 0 Å². The largest absolute Gasteiger partial charge is 0.337 e. The van der Waals surface area contributed by atoms with E-state index in [4.69, 9.17) is 0 Å². The van der Waals surface area contributed by atoms with Crippen LogP contribution < -0.4 is 0 Å². The zero-order valence-corrected chi connectivity index (χ0v) is 11.5. The number of pyridine rings is 1. The smallest absolute Gasteiger partial charge is 0.272 e. The number of nitrogens with zero attached hydrogens (tertiary/aromatic N) is 3. The van der Waals surface area contributed by atoms with Crippen molar-refractivity contribution in [1.82, 2.24) is 14.8 Å². The number of carbonyl (C=O) groups excluding carboxylic acids is 1. The molecular weight excluding hydrogens is 238 g/mol. The molecule has 4 nitrogen and oxygen atoms in total. The highest BCUT2D eigenvalue weighted by Crippen LogP contribution is 2.17. The predicted molar refractivity (Wildman–Crippen MR) is 73.8 cm³/mol. The van der Waals surface area contributed by atoms with E-state index in [0.29, 0.717) is 5.69 Å². The summed E-state index contributed by atoms with van der Waals surface area (Å²) >= 11 is 0. The van der Waals surface area contributed by atoms with Crippen molar-refractivity contribution in [2.24, 2.45) is 5.92 Å². The van der Waals surface area contributed by atoms with Crippen LogP contribution >= 0.6 is 0 Å². The van der Waals surface area contributed by atoms with Gasteiger partial charge in [-0.1, -0.05) is 13.0 Å². The topological polar surface area (TPSA) is 36.4 Å². The SMILES string of the molecule is CC1CN(Cc2cccc(C(=O)N3CCCC3)n2)C1. The molecule has 1 aromatic rings. The Labute approximate surface area is 114 Å². The van der Waals surface area contributed by atoms with E-state index >= 15 is 0 Å². The molecule has 3 heterocycles. The van der Waals surface area contributed by atoms with Crippen molar-refractivity contribution in [1.29, 1.82) is 0 Å². The van der Waals surface area contributed by atoms with Gasteiger partial charge in [0.1, 0.15) is 5.69 Å². The molecule has 2 saturated heterocycles. The fraction of sp³-hybridized carbons (Fsp3) is 0.600. The summed E-state index contributed by atoms with van der Waals surface area (Å²) in [7, 11) is 0. The normalized spacial score (nSPS) is 20.6. The van der Waals surface area contributed by atoms with Crippen molar-refractivity contribution in [3.63, 3.8) is 0 Å². The van der Waals surface area contributed by atoms with Crippen LogP contribution in [-0.2, 0) is 6.54 Å². The molecule has 0 unspecified atom stereocenters. The first-order valence-electron chi connectivity index (χ1n) is 7.20. The molecule has 19 heavy (non-hydrogen) atoms. The number of aromatic nitrogens is 1. The van der Waals surface area contributed by atoms with Crippen LogP contribution in [0, 0.1) is 5.92 Å². The third kappa shape index (κ3) is 2.78. The molecule has 0 aromatic carbocycles. The minimum Gasteiger partial charge on any atom is -0.337 e. The van der Waals surface area contributed by atoms with Gasteiger partial charge in [-0.3, -0.25) is 9.69 Å². The van der Waals surface area contributed by atoms with Crippen molar-refractivity contribution < 1.29 is 4.79 Å². The van der Waals surface area contributed by atoms with Crippen molar-refractivity contribution in [2.45, 2.75) is 26.3 Å². The molecule has 1 aromatic heterocycles. The molecule has 2 aliphatic heterocycles. The molecule has 0 saturated carbocycles. The Kier molecular flexibility index (Phi) is 3.51. The Morgan fingerprint density at radius 1 is 1.32 bits per heavy atom. The van der Waals surface area contributed by atoms with E-state index in [1.54, 1.807) is 0 Å². The molecule has 0 radical (unpaired) electrons. The number of amides is 1. The molecule has 0 N–H and O–H groups in total. The number of rotatable bonds is 3. The highest BCUT2D eigenvalue weighted by atomic mass is 16.2. The molecule has 0 spiro atoms. The van der Waals surface area contributed by atoms with Crippen LogP contribution in [0.15, 0.2) is 18.2 Å². The lowest BCUT2D eigenvalue weighted by molar-refractivity contribution is 0.0784. The second kappa shape index (κ2) is 5.29. The third-order valence-corrected chi connectivity index (χ3v) is 3.94. The number of carbonyl (C=O) groups is 1. The summed E-state index contributed by atoms with van der Waals surface area (Å²) in [4.78, 5) is 21.1. The van der Waals surface area contributed by atoms with Crippen molar-refractivity contribution in [3.8, 4) is 0 Å². The van der Waals surface area contributed by atoms with Crippen LogP contribution in [0.25, 0.3) is 0 Å². The quantitative estimate of drug-likeness (QED) is 0.830. The summed E-state index contributed by atoms with van der Waals surface area (Å²) in [5, 5.41) is 0. The molecule has 0 bridgehead atoms. The Hall–Kier alpha value is -1.42. The fourth-order valence-electron chi connectivity index (χ4n) is 2.96. The number of hydrogen-bond acceptors (Lipinski definition) is 3. The molecule has 4 heteroatoms. The van der Waals surface area contributed by atoms with Gasteiger partial charge in [0.25, 0.3) is 5.91 Å². The molecule has 0 aliphatic carbocycles. The number of hydrogen-bond donors (Lipinski definition) is 0. The summed E-state index contributed by atoms with van der Waals surface area (Å²) in [6, 6.07) is 5.81. The Balaban J connectivity index is 1.67. The second-order valence-corrected chi connectivity index (χ2v) is 5.81. The Morgan fingerprint density at radius 2 is 2.05 bits per heavy atom. The van der Waals surface area contributed by atoms with Crippen LogP contribution in [0.4, 0.5) is 0 Å². The highest BCUT2D eigenvalue weighted by molar-refractivity contribution is 5.92. The van der Waals surface area contributed by atoms with Crippen LogP contribution in [-0.4, -0.2) is 46.9 Å². The maximum absolute atomic E-state index is 12.3. The van der Waals surface area contributed by atoms with Gasteiger partial charge in [-0.25, -0.2) is 4.98 Å². The maximum atomic E-state index is 12.3. The first-order chi connectivity index (χ1) is 9.22.